The molecule has 1 rings (SSSR count). The van der Waals surface area contributed by atoms with Gasteiger partial charge in [-0.25, -0.2) is 8.42 Å². The summed E-state index contributed by atoms with van der Waals surface area (Å²) in [5.74, 6) is 0.597. The monoisotopic (exact) mass is 314 g/mol. The molecule has 0 aliphatic heterocycles. The highest BCUT2D eigenvalue weighted by molar-refractivity contribution is 7.90. The van der Waals surface area contributed by atoms with Crippen molar-refractivity contribution in [2.24, 2.45) is 0 Å². The first-order valence-electron chi connectivity index (χ1n) is 6.77. The van der Waals surface area contributed by atoms with Gasteiger partial charge in [-0.1, -0.05) is 0 Å². The Kier molecular flexibility index (Phi) is 7.18. The number of ether oxygens (including phenoxy) is 1. The van der Waals surface area contributed by atoms with E-state index >= 15 is 0 Å². The van der Waals surface area contributed by atoms with Crippen molar-refractivity contribution in [3.8, 4) is 5.75 Å². The topological polar surface area (TPSA) is 84.5 Å². The van der Waals surface area contributed by atoms with E-state index in [1.165, 1.54) is 12.1 Å². The Balaban J connectivity index is 2.25. The van der Waals surface area contributed by atoms with Crippen LogP contribution in [0.5, 0.6) is 5.75 Å². The maximum absolute atomic E-state index is 11.4. The van der Waals surface area contributed by atoms with E-state index in [1.54, 1.807) is 12.1 Å². The molecule has 0 saturated carbocycles. The summed E-state index contributed by atoms with van der Waals surface area (Å²) >= 11 is 0. The van der Waals surface area contributed by atoms with Gasteiger partial charge in [0, 0.05) is 25.8 Å². The molecular weight excluding hydrogens is 292 g/mol. The van der Waals surface area contributed by atoms with E-state index in [2.05, 4.69) is 10.6 Å². The van der Waals surface area contributed by atoms with Gasteiger partial charge in [0.15, 0.2) is 9.84 Å². The van der Waals surface area contributed by atoms with Crippen LogP contribution >= 0.6 is 0 Å². The lowest BCUT2D eigenvalue weighted by Gasteiger charge is -2.07. The molecule has 0 atom stereocenters. The quantitative estimate of drug-likeness (QED) is 0.652. The van der Waals surface area contributed by atoms with Crippen LogP contribution in [0.1, 0.15) is 12.8 Å². The third kappa shape index (κ3) is 7.10. The summed E-state index contributed by atoms with van der Waals surface area (Å²) in [5, 5.41) is 5.73. The highest BCUT2D eigenvalue weighted by Crippen LogP contribution is 2.16. The van der Waals surface area contributed by atoms with Crippen molar-refractivity contribution >= 4 is 15.7 Å². The summed E-state index contributed by atoms with van der Waals surface area (Å²) in [5.41, 5.74) is 0. The average Bonchev–Trinajstić information content (AvgIpc) is 2.43. The summed E-state index contributed by atoms with van der Waals surface area (Å²) in [7, 11) is -1.35. The fraction of sp³-hybridized carbons (Fsp3) is 0.500. The van der Waals surface area contributed by atoms with Crippen LogP contribution in [-0.4, -0.2) is 47.3 Å². The van der Waals surface area contributed by atoms with Gasteiger partial charge in [0.1, 0.15) is 5.75 Å². The van der Waals surface area contributed by atoms with E-state index in [-0.39, 0.29) is 10.8 Å². The number of carbonyl (C=O) groups excluding carboxylic acids is 1. The molecule has 0 bridgehead atoms. The van der Waals surface area contributed by atoms with Crippen LogP contribution in [0.25, 0.3) is 0 Å². The summed E-state index contributed by atoms with van der Waals surface area (Å²) in [4.78, 5) is 11.7. The van der Waals surface area contributed by atoms with Crippen LogP contribution in [0, 0.1) is 0 Å². The second-order valence-corrected chi connectivity index (χ2v) is 6.66. The molecule has 1 aromatic rings. The van der Waals surface area contributed by atoms with Crippen LogP contribution in [0.4, 0.5) is 0 Å². The van der Waals surface area contributed by atoms with Crippen LogP contribution < -0.4 is 15.4 Å². The second kappa shape index (κ2) is 8.63. The SMILES string of the molecule is CNCCNC(=O)CCCOc1ccc(S(C)(=O)=O)cc1. The lowest BCUT2D eigenvalue weighted by molar-refractivity contribution is -0.121. The van der Waals surface area contributed by atoms with Gasteiger partial charge in [-0.05, 0) is 37.7 Å². The van der Waals surface area contributed by atoms with Gasteiger partial charge < -0.3 is 15.4 Å². The number of hydrogen-bond acceptors (Lipinski definition) is 5. The van der Waals surface area contributed by atoms with Gasteiger partial charge in [-0.2, -0.15) is 0 Å². The molecule has 0 heterocycles. The molecule has 0 saturated heterocycles. The van der Waals surface area contributed by atoms with Crippen molar-refractivity contribution in [2.75, 3.05) is 33.0 Å². The molecule has 118 valence electrons. The number of likely N-dealkylation sites (N-methyl/N-ethyl adjacent to an activating group) is 1. The average molecular weight is 314 g/mol. The van der Waals surface area contributed by atoms with E-state index < -0.39 is 9.84 Å². The molecule has 0 aliphatic rings. The van der Waals surface area contributed by atoms with Gasteiger partial charge in [-0.15, -0.1) is 0 Å². The predicted octanol–water partition coefficient (Wildman–Crippen LogP) is 0.585. The van der Waals surface area contributed by atoms with Crippen molar-refractivity contribution in [3.05, 3.63) is 24.3 Å². The molecule has 1 aromatic carbocycles. The minimum Gasteiger partial charge on any atom is -0.494 e. The molecule has 6 nitrogen and oxygen atoms in total. The Morgan fingerprint density at radius 3 is 2.43 bits per heavy atom. The summed E-state index contributed by atoms with van der Waals surface area (Å²) in [6.45, 7) is 1.77. The van der Waals surface area contributed by atoms with Gasteiger partial charge in [0.05, 0.1) is 11.5 Å². The van der Waals surface area contributed by atoms with Gasteiger partial charge in [0.25, 0.3) is 0 Å². The van der Waals surface area contributed by atoms with E-state index in [0.717, 1.165) is 12.8 Å². The van der Waals surface area contributed by atoms with E-state index in [1.807, 2.05) is 7.05 Å². The molecule has 7 heteroatoms. The molecule has 21 heavy (non-hydrogen) atoms. The first-order valence-corrected chi connectivity index (χ1v) is 8.67. The second-order valence-electron chi connectivity index (χ2n) is 4.65. The predicted molar refractivity (Wildman–Crippen MR) is 81.2 cm³/mol. The first kappa shape index (κ1) is 17.5. The molecule has 1 amide bonds. The Morgan fingerprint density at radius 1 is 1.19 bits per heavy atom. The zero-order valence-electron chi connectivity index (χ0n) is 12.4. The number of carbonyl (C=O) groups is 1. The summed E-state index contributed by atoms with van der Waals surface area (Å²) in [6, 6.07) is 6.25. The molecule has 0 fully saturated rings. The van der Waals surface area contributed by atoms with Crippen LogP contribution in [0.3, 0.4) is 0 Å². The normalized spacial score (nSPS) is 11.1. The standard InChI is InChI=1S/C14H22N2O4S/c1-15-9-10-16-14(17)4-3-11-20-12-5-7-13(8-6-12)21(2,18)19/h5-8,15H,3-4,9-11H2,1-2H3,(H,16,17). The lowest BCUT2D eigenvalue weighted by atomic mass is 10.3. The molecule has 0 spiro atoms. The highest BCUT2D eigenvalue weighted by atomic mass is 32.2. The summed E-state index contributed by atoms with van der Waals surface area (Å²) < 4.78 is 28.1. The molecule has 2 N–H and O–H groups in total. The van der Waals surface area contributed by atoms with Gasteiger partial charge in [0.2, 0.25) is 5.91 Å². The van der Waals surface area contributed by atoms with Crippen molar-refractivity contribution < 1.29 is 17.9 Å². The van der Waals surface area contributed by atoms with Crippen molar-refractivity contribution in [1.82, 2.24) is 10.6 Å². The third-order valence-corrected chi connectivity index (χ3v) is 3.89. The fourth-order valence-electron chi connectivity index (χ4n) is 1.62. The highest BCUT2D eigenvalue weighted by Gasteiger charge is 2.06. The van der Waals surface area contributed by atoms with E-state index in [0.29, 0.717) is 31.7 Å². The number of amides is 1. The number of hydrogen-bond donors (Lipinski definition) is 2. The Hall–Kier alpha value is -1.60. The molecule has 0 radical (unpaired) electrons. The summed E-state index contributed by atoms with van der Waals surface area (Å²) in [6.07, 6.45) is 2.18. The fourth-order valence-corrected chi connectivity index (χ4v) is 2.25. The molecule has 0 aromatic heterocycles. The maximum atomic E-state index is 11.4. The zero-order valence-corrected chi connectivity index (χ0v) is 13.2. The molecule has 0 unspecified atom stereocenters. The lowest BCUT2D eigenvalue weighted by Crippen LogP contribution is -2.30. The molecular formula is C14H22N2O4S. The molecule has 0 aliphatic carbocycles. The maximum Gasteiger partial charge on any atom is 0.220 e. The number of nitrogens with one attached hydrogen (secondary N) is 2. The third-order valence-electron chi connectivity index (χ3n) is 2.77. The number of benzene rings is 1. The Morgan fingerprint density at radius 2 is 1.86 bits per heavy atom. The van der Waals surface area contributed by atoms with Gasteiger partial charge >= 0.3 is 0 Å². The van der Waals surface area contributed by atoms with E-state index in [4.69, 9.17) is 4.74 Å². The first-order chi connectivity index (χ1) is 9.93. The van der Waals surface area contributed by atoms with Crippen LogP contribution in [-0.2, 0) is 14.6 Å². The minimum atomic E-state index is -3.18. The number of sulfone groups is 1. The zero-order chi connectivity index (χ0) is 15.7. The van der Waals surface area contributed by atoms with Crippen LogP contribution in [0.15, 0.2) is 29.2 Å². The van der Waals surface area contributed by atoms with Crippen molar-refractivity contribution in [1.29, 1.82) is 0 Å². The Labute approximate surface area is 125 Å². The van der Waals surface area contributed by atoms with E-state index in [9.17, 15) is 13.2 Å². The smallest absolute Gasteiger partial charge is 0.220 e. The van der Waals surface area contributed by atoms with Crippen molar-refractivity contribution in [2.45, 2.75) is 17.7 Å². The largest absolute Gasteiger partial charge is 0.494 e. The van der Waals surface area contributed by atoms with Gasteiger partial charge in [-0.3, -0.25) is 4.79 Å². The Bertz CT molecular complexity index is 541. The minimum absolute atomic E-state index is 0.00118. The van der Waals surface area contributed by atoms with Crippen LogP contribution in [0.2, 0.25) is 0 Å². The number of rotatable bonds is 9. The van der Waals surface area contributed by atoms with Crippen molar-refractivity contribution in [3.63, 3.8) is 0 Å².